The average molecular weight is 344 g/mol. The van der Waals surface area contributed by atoms with E-state index in [0.29, 0.717) is 37.3 Å². The van der Waals surface area contributed by atoms with Crippen LogP contribution in [0.5, 0.6) is 0 Å². The molecule has 1 aromatic heterocycles. The van der Waals surface area contributed by atoms with Crippen LogP contribution in [0.3, 0.4) is 0 Å². The monoisotopic (exact) mass is 344 g/mol. The number of hydrogen-bond donors (Lipinski definition) is 2. The van der Waals surface area contributed by atoms with Gasteiger partial charge in [-0.3, -0.25) is 9.59 Å². The molecule has 1 saturated heterocycles. The van der Waals surface area contributed by atoms with E-state index in [1.54, 1.807) is 35.3 Å². The Labute approximate surface area is 144 Å². The van der Waals surface area contributed by atoms with Gasteiger partial charge in [-0.1, -0.05) is 11.3 Å². The lowest BCUT2D eigenvalue weighted by molar-refractivity contribution is -0.144. The van der Waals surface area contributed by atoms with Gasteiger partial charge in [0.05, 0.1) is 24.0 Å². The molecule has 2 N–H and O–H groups in total. The van der Waals surface area contributed by atoms with Gasteiger partial charge in [0.15, 0.2) is 0 Å². The summed E-state index contributed by atoms with van der Waals surface area (Å²) in [6, 6.07) is 6.93. The van der Waals surface area contributed by atoms with Gasteiger partial charge in [0.1, 0.15) is 0 Å². The summed E-state index contributed by atoms with van der Waals surface area (Å²) in [4.78, 5) is 23.9. The minimum absolute atomic E-state index is 0.0213. The second-order valence-electron chi connectivity index (χ2n) is 6.00. The van der Waals surface area contributed by atoms with Gasteiger partial charge in [-0.15, -0.1) is 5.10 Å². The summed E-state index contributed by atoms with van der Waals surface area (Å²) in [7, 11) is 0. The van der Waals surface area contributed by atoms with Gasteiger partial charge in [0, 0.05) is 25.3 Å². The minimum atomic E-state index is -0.886. The van der Waals surface area contributed by atoms with Crippen molar-refractivity contribution in [1.82, 2.24) is 20.3 Å². The van der Waals surface area contributed by atoms with Crippen molar-refractivity contribution in [2.75, 3.05) is 19.8 Å². The van der Waals surface area contributed by atoms with Crippen LogP contribution in [0.25, 0.3) is 5.69 Å². The van der Waals surface area contributed by atoms with Crippen molar-refractivity contribution in [1.29, 1.82) is 0 Å². The molecule has 1 amide bonds. The van der Waals surface area contributed by atoms with Crippen LogP contribution in [0.2, 0.25) is 0 Å². The number of carbonyl (C=O) groups is 2. The molecule has 2 aromatic rings. The molecule has 8 nitrogen and oxygen atoms in total. The zero-order valence-electron chi connectivity index (χ0n) is 13.7. The molecular formula is C17H20N4O4. The highest BCUT2D eigenvalue weighted by Crippen LogP contribution is 2.24. The van der Waals surface area contributed by atoms with Crippen molar-refractivity contribution >= 4 is 11.9 Å². The predicted octanol–water partition coefficient (Wildman–Crippen LogP) is 1.12. The zero-order chi connectivity index (χ0) is 17.6. The van der Waals surface area contributed by atoms with Crippen LogP contribution in [0.15, 0.2) is 36.7 Å². The van der Waals surface area contributed by atoms with E-state index in [0.717, 1.165) is 0 Å². The van der Waals surface area contributed by atoms with Gasteiger partial charge in [-0.05, 0) is 37.0 Å². The quantitative estimate of drug-likeness (QED) is 0.813. The van der Waals surface area contributed by atoms with Crippen LogP contribution >= 0.6 is 0 Å². The fourth-order valence-corrected chi connectivity index (χ4v) is 3.01. The normalized spacial score (nSPS) is 16.3. The Balaban J connectivity index is 1.65. The van der Waals surface area contributed by atoms with Crippen LogP contribution < -0.4 is 5.32 Å². The largest absolute Gasteiger partial charge is 0.481 e. The lowest BCUT2D eigenvalue weighted by Gasteiger charge is -2.27. The molecule has 0 saturated carbocycles. The molecule has 0 aliphatic carbocycles. The van der Waals surface area contributed by atoms with Gasteiger partial charge in [0.2, 0.25) is 0 Å². The van der Waals surface area contributed by atoms with Crippen LogP contribution in [0.1, 0.15) is 23.2 Å². The number of carbonyl (C=O) groups excluding carboxylic acids is 1. The minimum Gasteiger partial charge on any atom is -0.481 e. The second kappa shape index (κ2) is 7.89. The molecule has 132 valence electrons. The Hall–Kier alpha value is -2.74. The summed E-state index contributed by atoms with van der Waals surface area (Å²) in [6.45, 7) is 1.25. The first-order valence-corrected chi connectivity index (χ1v) is 8.20. The molecule has 25 heavy (non-hydrogen) atoms. The lowest BCUT2D eigenvalue weighted by Crippen LogP contribution is -2.39. The summed E-state index contributed by atoms with van der Waals surface area (Å²) in [6.07, 6.45) is 4.64. The number of hydrogen-bond acceptors (Lipinski definition) is 5. The first kappa shape index (κ1) is 17.1. The molecule has 1 fully saturated rings. The molecule has 1 atom stereocenters. The fourth-order valence-electron chi connectivity index (χ4n) is 3.01. The summed E-state index contributed by atoms with van der Waals surface area (Å²) in [5.74, 6) is -1.77. The SMILES string of the molecule is O=C(NCC(C(=O)O)C1CCOCC1)c1cccc(-n2ccnn2)c1. The smallest absolute Gasteiger partial charge is 0.308 e. The molecule has 1 aliphatic rings. The molecule has 0 bridgehead atoms. The van der Waals surface area contributed by atoms with Crippen molar-refractivity contribution in [3.8, 4) is 5.69 Å². The summed E-state index contributed by atoms with van der Waals surface area (Å²) < 4.78 is 6.83. The topological polar surface area (TPSA) is 106 Å². The number of nitrogens with zero attached hydrogens (tertiary/aromatic N) is 3. The Morgan fingerprint density at radius 3 is 2.84 bits per heavy atom. The predicted molar refractivity (Wildman–Crippen MR) is 88.4 cm³/mol. The molecule has 0 spiro atoms. The molecule has 1 aromatic carbocycles. The number of nitrogens with one attached hydrogen (secondary N) is 1. The molecule has 1 unspecified atom stereocenters. The standard InChI is InChI=1S/C17H20N4O4/c22-16(13-2-1-3-14(10-13)21-7-6-19-20-21)18-11-15(17(23)24)12-4-8-25-9-5-12/h1-3,6-7,10,12,15H,4-5,8-9,11H2,(H,18,22)(H,23,24). The van der Waals surface area contributed by atoms with E-state index in [9.17, 15) is 14.7 Å². The Morgan fingerprint density at radius 1 is 1.36 bits per heavy atom. The van der Waals surface area contributed by atoms with Crippen molar-refractivity contribution in [2.24, 2.45) is 11.8 Å². The van der Waals surface area contributed by atoms with Crippen LogP contribution in [-0.2, 0) is 9.53 Å². The van der Waals surface area contributed by atoms with E-state index in [-0.39, 0.29) is 18.4 Å². The Kier molecular flexibility index (Phi) is 5.39. The number of carboxylic acids is 1. The lowest BCUT2D eigenvalue weighted by atomic mass is 9.86. The first-order chi connectivity index (χ1) is 12.1. The number of aromatic nitrogens is 3. The highest BCUT2D eigenvalue weighted by molar-refractivity contribution is 5.94. The van der Waals surface area contributed by atoms with Gasteiger partial charge in [0.25, 0.3) is 5.91 Å². The van der Waals surface area contributed by atoms with E-state index in [1.807, 2.05) is 6.07 Å². The molecule has 3 rings (SSSR count). The average Bonchev–Trinajstić information content (AvgIpc) is 3.17. The summed E-state index contributed by atoms with van der Waals surface area (Å²) >= 11 is 0. The summed E-state index contributed by atoms with van der Waals surface area (Å²) in [5.41, 5.74) is 1.16. The third-order valence-corrected chi connectivity index (χ3v) is 4.43. The Bertz CT molecular complexity index is 726. The number of ether oxygens (including phenoxy) is 1. The number of amides is 1. The van der Waals surface area contributed by atoms with Crippen LogP contribution in [0.4, 0.5) is 0 Å². The van der Waals surface area contributed by atoms with E-state index in [1.165, 1.54) is 0 Å². The van der Waals surface area contributed by atoms with Crippen molar-refractivity contribution in [3.05, 3.63) is 42.2 Å². The van der Waals surface area contributed by atoms with Crippen molar-refractivity contribution in [3.63, 3.8) is 0 Å². The fraction of sp³-hybridized carbons (Fsp3) is 0.412. The highest BCUT2D eigenvalue weighted by atomic mass is 16.5. The second-order valence-corrected chi connectivity index (χ2v) is 6.00. The molecule has 2 heterocycles. The molecule has 8 heteroatoms. The number of benzene rings is 1. The van der Waals surface area contributed by atoms with E-state index >= 15 is 0 Å². The van der Waals surface area contributed by atoms with Gasteiger partial charge < -0.3 is 15.2 Å². The summed E-state index contributed by atoms with van der Waals surface area (Å²) in [5, 5.41) is 19.8. The van der Waals surface area contributed by atoms with E-state index in [4.69, 9.17) is 4.74 Å². The van der Waals surface area contributed by atoms with Crippen LogP contribution in [-0.4, -0.2) is 51.7 Å². The third kappa shape index (κ3) is 4.21. The van der Waals surface area contributed by atoms with Gasteiger partial charge in [-0.2, -0.15) is 0 Å². The molecule has 0 radical (unpaired) electrons. The van der Waals surface area contributed by atoms with E-state index in [2.05, 4.69) is 15.6 Å². The van der Waals surface area contributed by atoms with Gasteiger partial charge >= 0.3 is 5.97 Å². The third-order valence-electron chi connectivity index (χ3n) is 4.43. The first-order valence-electron chi connectivity index (χ1n) is 8.20. The number of carboxylic acid groups (broad SMARTS) is 1. The van der Waals surface area contributed by atoms with E-state index < -0.39 is 11.9 Å². The van der Waals surface area contributed by atoms with Crippen molar-refractivity contribution < 1.29 is 19.4 Å². The highest BCUT2D eigenvalue weighted by Gasteiger charge is 2.30. The van der Waals surface area contributed by atoms with Crippen molar-refractivity contribution in [2.45, 2.75) is 12.8 Å². The maximum atomic E-state index is 12.4. The number of rotatable bonds is 6. The Morgan fingerprint density at radius 2 is 2.16 bits per heavy atom. The molecule has 1 aliphatic heterocycles. The maximum Gasteiger partial charge on any atom is 0.308 e. The zero-order valence-corrected chi connectivity index (χ0v) is 13.7. The molecular weight excluding hydrogens is 324 g/mol. The van der Waals surface area contributed by atoms with Gasteiger partial charge in [-0.25, -0.2) is 4.68 Å². The maximum absolute atomic E-state index is 12.4. The number of aliphatic carboxylic acids is 1. The van der Waals surface area contributed by atoms with Crippen LogP contribution in [0, 0.1) is 11.8 Å².